The van der Waals surface area contributed by atoms with Crippen molar-refractivity contribution < 1.29 is 9.53 Å². The zero-order valence-electron chi connectivity index (χ0n) is 15.4. The third-order valence-corrected chi connectivity index (χ3v) is 5.61. The molecule has 2 aliphatic rings. The van der Waals surface area contributed by atoms with E-state index in [0.717, 1.165) is 35.5 Å². The number of ether oxygens (including phenoxy) is 1. The predicted molar refractivity (Wildman–Crippen MR) is 104 cm³/mol. The quantitative estimate of drug-likeness (QED) is 0.843. The number of rotatable bonds is 4. The Labute approximate surface area is 155 Å². The van der Waals surface area contributed by atoms with Crippen LogP contribution in [0.1, 0.15) is 29.6 Å². The van der Waals surface area contributed by atoms with Crippen molar-refractivity contribution in [1.82, 2.24) is 9.80 Å². The van der Waals surface area contributed by atoms with E-state index < -0.39 is 0 Å². The third kappa shape index (κ3) is 3.34. The fourth-order valence-corrected chi connectivity index (χ4v) is 3.99. The normalized spacial score (nSPS) is 18.4. The molecule has 4 rings (SSSR count). The summed E-state index contributed by atoms with van der Waals surface area (Å²) in [5.41, 5.74) is 2.87. The average Bonchev–Trinajstić information content (AvgIpc) is 2.67. The maximum absolute atomic E-state index is 12.7. The molecule has 0 N–H and O–H groups in total. The van der Waals surface area contributed by atoms with E-state index in [4.69, 9.17) is 4.74 Å². The van der Waals surface area contributed by atoms with E-state index in [1.165, 1.54) is 32.4 Å². The number of hydrogen-bond acceptors (Lipinski definition) is 3. The van der Waals surface area contributed by atoms with E-state index >= 15 is 0 Å². The molecule has 2 saturated heterocycles. The van der Waals surface area contributed by atoms with Gasteiger partial charge in [0.15, 0.2) is 0 Å². The molecule has 0 unspecified atom stereocenters. The Morgan fingerprint density at radius 3 is 2.35 bits per heavy atom. The molecule has 0 aliphatic carbocycles. The van der Waals surface area contributed by atoms with Crippen LogP contribution in [0.2, 0.25) is 0 Å². The SMILES string of the molecule is COc1ccccc1-c1ccc(C(=O)N2CC(N3CCCCC3)C2)cc1. The minimum Gasteiger partial charge on any atom is -0.496 e. The minimum atomic E-state index is 0.143. The second-order valence-corrected chi connectivity index (χ2v) is 7.24. The molecule has 4 nitrogen and oxygen atoms in total. The first-order valence-electron chi connectivity index (χ1n) is 9.53. The summed E-state index contributed by atoms with van der Waals surface area (Å²) in [7, 11) is 1.68. The fraction of sp³-hybridized carbons (Fsp3) is 0.409. The molecule has 2 aliphatic heterocycles. The number of carbonyl (C=O) groups is 1. The van der Waals surface area contributed by atoms with Crippen LogP contribution in [-0.4, -0.2) is 55.0 Å². The highest BCUT2D eigenvalue weighted by atomic mass is 16.5. The molecule has 0 atom stereocenters. The maximum Gasteiger partial charge on any atom is 0.253 e. The lowest BCUT2D eigenvalue weighted by Gasteiger charge is -2.46. The summed E-state index contributed by atoms with van der Waals surface area (Å²) in [6.07, 6.45) is 3.95. The first-order valence-corrected chi connectivity index (χ1v) is 9.53. The number of hydrogen-bond donors (Lipinski definition) is 0. The number of methoxy groups -OCH3 is 1. The molecule has 0 radical (unpaired) electrons. The number of likely N-dealkylation sites (tertiary alicyclic amines) is 2. The molecule has 2 aromatic rings. The molecule has 0 aromatic heterocycles. The van der Waals surface area contributed by atoms with Crippen molar-refractivity contribution >= 4 is 5.91 Å². The van der Waals surface area contributed by atoms with E-state index in [9.17, 15) is 4.79 Å². The Balaban J connectivity index is 1.40. The van der Waals surface area contributed by atoms with Crippen molar-refractivity contribution in [3.8, 4) is 16.9 Å². The van der Waals surface area contributed by atoms with Gasteiger partial charge in [-0.3, -0.25) is 9.69 Å². The van der Waals surface area contributed by atoms with Gasteiger partial charge in [0.25, 0.3) is 5.91 Å². The lowest BCUT2D eigenvalue weighted by atomic mass is 9.99. The highest BCUT2D eigenvalue weighted by Crippen LogP contribution is 2.30. The zero-order valence-corrected chi connectivity index (χ0v) is 15.4. The van der Waals surface area contributed by atoms with Crippen molar-refractivity contribution in [1.29, 1.82) is 0 Å². The number of carbonyl (C=O) groups excluding carboxylic acids is 1. The van der Waals surface area contributed by atoms with Gasteiger partial charge in [-0.2, -0.15) is 0 Å². The van der Waals surface area contributed by atoms with Gasteiger partial charge in [-0.15, -0.1) is 0 Å². The molecule has 0 spiro atoms. The van der Waals surface area contributed by atoms with Gasteiger partial charge in [0.2, 0.25) is 0 Å². The number of nitrogens with zero attached hydrogens (tertiary/aromatic N) is 2. The number of amides is 1. The molecule has 26 heavy (non-hydrogen) atoms. The van der Waals surface area contributed by atoms with Crippen LogP contribution < -0.4 is 4.74 Å². The predicted octanol–water partition coefficient (Wildman–Crippen LogP) is 3.67. The number of para-hydroxylation sites is 1. The Hall–Kier alpha value is -2.33. The summed E-state index contributed by atoms with van der Waals surface area (Å²) in [6, 6.07) is 16.4. The zero-order chi connectivity index (χ0) is 17.9. The molecular weight excluding hydrogens is 324 g/mol. The minimum absolute atomic E-state index is 0.143. The van der Waals surface area contributed by atoms with Crippen LogP contribution in [0.15, 0.2) is 48.5 Å². The van der Waals surface area contributed by atoms with E-state index in [0.29, 0.717) is 6.04 Å². The molecule has 2 heterocycles. The Morgan fingerprint density at radius 1 is 0.962 bits per heavy atom. The van der Waals surface area contributed by atoms with Crippen molar-refractivity contribution in [2.75, 3.05) is 33.3 Å². The smallest absolute Gasteiger partial charge is 0.253 e. The molecule has 1 amide bonds. The summed E-state index contributed by atoms with van der Waals surface area (Å²) in [5.74, 6) is 0.989. The highest BCUT2D eigenvalue weighted by molar-refractivity contribution is 5.95. The van der Waals surface area contributed by atoms with Gasteiger partial charge in [-0.05, 0) is 49.7 Å². The second kappa shape index (κ2) is 7.50. The van der Waals surface area contributed by atoms with Crippen molar-refractivity contribution in [2.45, 2.75) is 25.3 Å². The van der Waals surface area contributed by atoms with Crippen LogP contribution in [0, 0.1) is 0 Å². The summed E-state index contributed by atoms with van der Waals surface area (Å²) < 4.78 is 5.43. The third-order valence-electron chi connectivity index (χ3n) is 5.61. The number of benzene rings is 2. The molecule has 4 heteroatoms. The summed E-state index contributed by atoms with van der Waals surface area (Å²) in [5, 5.41) is 0. The molecule has 2 fully saturated rings. The monoisotopic (exact) mass is 350 g/mol. The Morgan fingerprint density at radius 2 is 1.65 bits per heavy atom. The van der Waals surface area contributed by atoms with Gasteiger partial charge >= 0.3 is 0 Å². The largest absolute Gasteiger partial charge is 0.496 e. The first kappa shape index (κ1) is 17.1. The van der Waals surface area contributed by atoms with E-state index in [2.05, 4.69) is 4.90 Å². The molecule has 0 bridgehead atoms. The van der Waals surface area contributed by atoms with Gasteiger partial charge in [-0.25, -0.2) is 0 Å². The highest BCUT2D eigenvalue weighted by Gasteiger charge is 2.35. The van der Waals surface area contributed by atoms with E-state index in [-0.39, 0.29) is 5.91 Å². The Bertz CT molecular complexity index is 760. The van der Waals surface area contributed by atoms with Gasteiger partial charge in [0, 0.05) is 30.3 Å². The van der Waals surface area contributed by atoms with E-state index in [1.807, 2.05) is 53.4 Å². The van der Waals surface area contributed by atoms with Gasteiger partial charge in [-0.1, -0.05) is 36.8 Å². The second-order valence-electron chi connectivity index (χ2n) is 7.24. The topological polar surface area (TPSA) is 32.8 Å². The van der Waals surface area contributed by atoms with Crippen LogP contribution in [0.4, 0.5) is 0 Å². The summed E-state index contributed by atoms with van der Waals surface area (Å²) >= 11 is 0. The maximum atomic E-state index is 12.7. The standard InChI is InChI=1S/C22H26N2O2/c1-26-21-8-4-3-7-20(21)17-9-11-18(12-10-17)22(25)24-15-19(16-24)23-13-5-2-6-14-23/h3-4,7-12,19H,2,5-6,13-16H2,1H3. The van der Waals surface area contributed by atoms with Gasteiger partial charge in [0.05, 0.1) is 7.11 Å². The molecule has 2 aromatic carbocycles. The van der Waals surface area contributed by atoms with Crippen LogP contribution in [0.5, 0.6) is 5.75 Å². The summed E-state index contributed by atoms with van der Waals surface area (Å²) in [6.45, 7) is 4.13. The van der Waals surface area contributed by atoms with Crippen LogP contribution in [0.3, 0.4) is 0 Å². The molecule has 136 valence electrons. The summed E-state index contributed by atoms with van der Waals surface area (Å²) in [4.78, 5) is 17.2. The van der Waals surface area contributed by atoms with Crippen molar-refractivity contribution in [3.63, 3.8) is 0 Å². The molecular formula is C22H26N2O2. The van der Waals surface area contributed by atoms with Gasteiger partial charge < -0.3 is 9.64 Å². The first-order chi connectivity index (χ1) is 12.8. The van der Waals surface area contributed by atoms with Crippen molar-refractivity contribution in [2.24, 2.45) is 0 Å². The van der Waals surface area contributed by atoms with Crippen LogP contribution in [-0.2, 0) is 0 Å². The number of piperidine rings is 1. The van der Waals surface area contributed by atoms with Crippen molar-refractivity contribution in [3.05, 3.63) is 54.1 Å². The molecule has 0 saturated carbocycles. The fourth-order valence-electron chi connectivity index (χ4n) is 3.99. The van der Waals surface area contributed by atoms with E-state index in [1.54, 1.807) is 7.11 Å². The Kier molecular flexibility index (Phi) is 4.93. The van der Waals surface area contributed by atoms with Crippen LogP contribution >= 0.6 is 0 Å². The average molecular weight is 350 g/mol. The van der Waals surface area contributed by atoms with Crippen LogP contribution in [0.25, 0.3) is 11.1 Å². The van der Waals surface area contributed by atoms with Gasteiger partial charge in [0.1, 0.15) is 5.75 Å². The lowest BCUT2D eigenvalue weighted by Crippen LogP contribution is -2.61. The lowest BCUT2D eigenvalue weighted by molar-refractivity contribution is 0.0203.